The van der Waals surface area contributed by atoms with Gasteiger partial charge in [-0.25, -0.2) is 4.98 Å². The van der Waals surface area contributed by atoms with E-state index in [1.165, 1.54) is 0 Å². The molecule has 3 N–H and O–H groups in total. The van der Waals surface area contributed by atoms with E-state index in [9.17, 15) is 0 Å². The molecule has 0 aliphatic carbocycles. The molecule has 1 aliphatic rings. The van der Waals surface area contributed by atoms with Crippen LogP contribution in [0.1, 0.15) is 30.7 Å². The van der Waals surface area contributed by atoms with Gasteiger partial charge in [-0.15, -0.1) is 0 Å². The van der Waals surface area contributed by atoms with E-state index in [2.05, 4.69) is 39.1 Å². The highest BCUT2D eigenvalue weighted by Gasteiger charge is 2.26. The van der Waals surface area contributed by atoms with E-state index < -0.39 is 0 Å². The molecule has 2 unspecified atom stereocenters. The Bertz CT molecular complexity index is 347. The van der Waals surface area contributed by atoms with Gasteiger partial charge in [0, 0.05) is 19.6 Å². The van der Waals surface area contributed by atoms with E-state index in [1.54, 1.807) is 0 Å². The molecule has 1 aromatic heterocycles. The van der Waals surface area contributed by atoms with Crippen LogP contribution in [0, 0.1) is 0 Å². The molecule has 1 saturated heterocycles. The Morgan fingerprint density at radius 2 is 2.19 bits per heavy atom. The van der Waals surface area contributed by atoms with Gasteiger partial charge in [0.05, 0.1) is 12.1 Å². The Balaban J connectivity index is 2.15. The Morgan fingerprint density at radius 3 is 2.81 bits per heavy atom. The fraction of sp³-hybridized carbons (Fsp3) is 0.800. The molecule has 6 nitrogen and oxygen atoms in total. The van der Waals surface area contributed by atoms with Crippen LogP contribution in [0.4, 0.5) is 0 Å². The molecule has 6 heteroatoms. The predicted octanol–water partition coefficient (Wildman–Crippen LogP) is -0.257. The molecule has 2 atom stereocenters. The lowest BCUT2D eigenvalue weighted by Gasteiger charge is -2.36. The maximum absolute atomic E-state index is 5.75. The minimum atomic E-state index is -0.114. The predicted molar refractivity (Wildman–Crippen MR) is 61.9 cm³/mol. The fourth-order valence-electron chi connectivity index (χ4n) is 1.95. The molecule has 16 heavy (non-hydrogen) atoms. The molecule has 1 aliphatic heterocycles. The van der Waals surface area contributed by atoms with Crippen molar-refractivity contribution in [3.63, 3.8) is 0 Å². The second-order valence-electron chi connectivity index (χ2n) is 4.63. The summed E-state index contributed by atoms with van der Waals surface area (Å²) < 4.78 is 0. The van der Waals surface area contributed by atoms with Crippen molar-refractivity contribution in [1.29, 1.82) is 0 Å². The second-order valence-corrected chi connectivity index (χ2v) is 4.63. The normalized spacial score (nSPS) is 25.9. The first-order valence-electron chi connectivity index (χ1n) is 5.64. The van der Waals surface area contributed by atoms with Crippen molar-refractivity contribution in [2.75, 3.05) is 33.7 Å². The molecule has 0 aromatic carbocycles. The van der Waals surface area contributed by atoms with Crippen molar-refractivity contribution in [3.8, 4) is 0 Å². The average molecular weight is 224 g/mol. The summed E-state index contributed by atoms with van der Waals surface area (Å²) in [7, 11) is 4.24. The molecule has 2 heterocycles. The van der Waals surface area contributed by atoms with Crippen LogP contribution in [0.15, 0.2) is 0 Å². The summed E-state index contributed by atoms with van der Waals surface area (Å²) >= 11 is 0. The number of nitrogens with one attached hydrogen (secondary N) is 1. The Kier molecular flexibility index (Phi) is 3.22. The zero-order valence-electron chi connectivity index (χ0n) is 10.1. The first-order chi connectivity index (χ1) is 7.58. The molecule has 90 valence electrons. The Hall–Kier alpha value is -0.980. The highest BCUT2D eigenvalue weighted by molar-refractivity contribution is 5.01. The zero-order chi connectivity index (χ0) is 11.7. The molecule has 0 radical (unpaired) electrons. The number of H-pyrrole nitrogens is 1. The number of rotatable bonds is 2. The maximum Gasteiger partial charge on any atom is 0.167 e. The molecular formula is C10H20N6. The van der Waals surface area contributed by atoms with Crippen LogP contribution in [-0.4, -0.2) is 58.7 Å². The monoisotopic (exact) mass is 224 g/mol. The summed E-state index contributed by atoms with van der Waals surface area (Å²) in [6, 6.07) is 0.176. The number of likely N-dealkylation sites (N-methyl/N-ethyl adjacent to an activating group) is 2. The van der Waals surface area contributed by atoms with E-state index in [4.69, 9.17) is 5.73 Å². The fourth-order valence-corrected chi connectivity index (χ4v) is 1.95. The maximum atomic E-state index is 5.75. The van der Waals surface area contributed by atoms with Gasteiger partial charge in [0.1, 0.15) is 5.82 Å². The summed E-state index contributed by atoms with van der Waals surface area (Å²) in [4.78, 5) is 9.06. The SMILES string of the molecule is CC(N)c1n[nH]c(C2CN(C)CCN2C)n1. The quantitative estimate of drug-likeness (QED) is 0.724. The summed E-state index contributed by atoms with van der Waals surface area (Å²) in [6.07, 6.45) is 0. The first-order valence-corrected chi connectivity index (χ1v) is 5.64. The van der Waals surface area contributed by atoms with E-state index in [0.29, 0.717) is 11.9 Å². The molecule has 0 bridgehead atoms. The third-order valence-electron chi connectivity index (χ3n) is 3.09. The summed E-state index contributed by atoms with van der Waals surface area (Å²) in [6.45, 7) is 5.02. The van der Waals surface area contributed by atoms with E-state index in [-0.39, 0.29) is 6.04 Å². The lowest BCUT2D eigenvalue weighted by Crippen LogP contribution is -2.45. The van der Waals surface area contributed by atoms with Crippen LogP contribution in [0.25, 0.3) is 0 Å². The second kappa shape index (κ2) is 4.48. The van der Waals surface area contributed by atoms with Gasteiger partial charge in [0.25, 0.3) is 0 Å². The van der Waals surface area contributed by atoms with Crippen LogP contribution in [0.3, 0.4) is 0 Å². The number of hydrogen-bond acceptors (Lipinski definition) is 5. The average Bonchev–Trinajstić information content (AvgIpc) is 2.70. The van der Waals surface area contributed by atoms with Gasteiger partial charge < -0.3 is 10.6 Å². The highest BCUT2D eigenvalue weighted by Crippen LogP contribution is 2.20. The van der Waals surface area contributed by atoms with Gasteiger partial charge >= 0.3 is 0 Å². The van der Waals surface area contributed by atoms with Gasteiger partial charge in [0.15, 0.2) is 5.82 Å². The van der Waals surface area contributed by atoms with E-state index in [0.717, 1.165) is 25.5 Å². The number of aromatic amines is 1. The van der Waals surface area contributed by atoms with Crippen molar-refractivity contribution in [2.45, 2.75) is 19.0 Å². The van der Waals surface area contributed by atoms with E-state index in [1.807, 2.05) is 6.92 Å². The number of nitrogens with two attached hydrogens (primary N) is 1. The number of hydrogen-bond donors (Lipinski definition) is 2. The third-order valence-corrected chi connectivity index (χ3v) is 3.09. The number of piperazine rings is 1. The minimum Gasteiger partial charge on any atom is -0.321 e. The van der Waals surface area contributed by atoms with Gasteiger partial charge in [-0.05, 0) is 21.0 Å². The molecule has 0 saturated carbocycles. The first kappa shape index (κ1) is 11.5. The topological polar surface area (TPSA) is 74.1 Å². The van der Waals surface area contributed by atoms with Crippen LogP contribution < -0.4 is 5.73 Å². The van der Waals surface area contributed by atoms with Crippen LogP contribution >= 0.6 is 0 Å². The largest absolute Gasteiger partial charge is 0.321 e. The van der Waals surface area contributed by atoms with Crippen LogP contribution in [-0.2, 0) is 0 Å². The van der Waals surface area contributed by atoms with Gasteiger partial charge in [-0.3, -0.25) is 10.00 Å². The lowest BCUT2D eigenvalue weighted by molar-refractivity contribution is 0.110. The Labute approximate surface area is 95.8 Å². The van der Waals surface area contributed by atoms with Crippen LogP contribution in [0.2, 0.25) is 0 Å². The van der Waals surface area contributed by atoms with Crippen LogP contribution in [0.5, 0.6) is 0 Å². The summed E-state index contributed by atoms with van der Waals surface area (Å²) in [5.74, 6) is 1.61. The number of nitrogens with zero attached hydrogens (tertiary/aromatic N) is 4. The van der Waals surface area contributed by atoms with Crippen molar-refractivity contribution in [3.05, 3.63) is 11.6 Å². The molecule has 0 amide bonds. The smallest absolute Gasteiger partial charge is 0.167 e. The third kappa shape index (κ3) is 2.23. The Morgan fingerprint density at radius 1 is 1.44 bits per heavy atom. The molecule has 1 aromatic rings. The van der Waals surface area contributed by atoms with Crippen molar-refractivity contribution < 1.29 is 0 Å². The molecule has 2 rings (SSSR count). The van der Waals surface area contributed by atoms with Gasteiger partial charge in [-0.1, -0.05) is 0 Å². The van der Waals surface area contributed by atoms with Crippen molar-refractivity contribution in [2.24, 2.45) is 5.73 Å². The standard InChI is InChI=1S/C10H20N6/c1-7(11)9-12-10(14-13-9)8-6-15(2)4-5-16(8)3/h7-8H,4-6,11H2,1-3H3,(H,12,13,14). The number of aromatic nitrogens is 3. The highest BCUT2D eigenvalue weighted by atomic mass is 15.3. The lowest BCUT2D eigenvalue weighted by atomic mass is 10.2. The summed E-state index contributed by atoms with van der Waals surface area (Å²) in [5.41, 5.74) is 5.75. The van der Waals surface area contributed by atoms with Gasteiger partial charge in [-0.2, -0.15) is 5.10 Å². The molecule has 0 spiro atoms. The van der Waals surface area contributed by atoms with E-state index >= 15 is 0 Å². The molecule has 1 fully saturated rings. The van der Waals surface area contributed by atoms with Crippen molar-refractivity contribution in [1.82, 2.24) is 25.0 Å². The minimum absolute atomic E-state index is 0.114. The molecular weight excluding hydrogens is 204 g/mol. The zero-order valence-corrected chi connectivity index (χ0v) is 10.1. The van der Waals surface area contributed by atoms with Crippen molar-refractivity contribution >= 4 is 0 Å². The van der Waals surface area contributed by atoms with Gasteiger partial charge in [0.2, 0.25) is 0 Å². The summed E-state index contributed by atoms with van der Waals surface area (Å²) in [5, 5.41) is 7.14.